The van der Waals surface area contributed by atoms with Crippen molar-refractivity contribution in [3.8, 4) is 11.5 Å². The van der Waals surface area contributed by atoms with Gasteiger partial charge < -0.3 is 14.8 Å². The largest absolute Gasteiger partial charge is 0.497 e. The van der Waals surface area contributed by atoms with Crippen molar-refractivity contribution in [3.63, 3.8) is 0 Å². The monoisotopic (exact) mass is 516 g/mol. The molecule has 1 amide bonds. The van der Waals surface area contributed by atoms with Crippen LogP contribution in [0, 0.1) is 0 Å². The molecule has 0 spiro atoms. The Labute approximate surface area is 220 Å². The van der Waals surface area contributed by atoms with Gasteiger partial charge in [-0.2, -0.15) is 0 Å². The van der Waals surface area contributed by atoms with E-state index in [9.17, 15) is 4.79 Å². The fraction of sp³-hybridized carbons (Fsp3) is 0.172. The fourth-order valence-corrected chi connectivity index (χ4v) is 5.61. The van der Waals surface area contributed by atoms with E-state index in [0.717, 1.165) is 36.8 Å². The molecule has 0 bridgehead atoms. The minimum atomic E-state index is -0.654. The molecule has 7 heteroatoms. The maximum Gasteiger partial charge on any atom is 0.254 e. The van der Waals surface area contributed by atoms with E-state index in [-0.39, 0.29) is 5.91 Å². The van der Waals surface area contributed by atoms with E-state index in [4.69, 9.17) is 9.47 Å². The van der Waals surface area contributed by atoms with Crippen LogP contribution >= 0.6 is 23.5 Å². The third-order valence-electron chi connectivity index (χ3n) is 5.52. The molecule has 0 radical (unpaired) electrons. The maximum absolute atomic E-state index is 13.9. The summed E-state index contributed by atoms with van der Waals surface area (Å²) in [6.45, 7) is 3.92. The van der Waals surface area contributed by atoms with Crippen LogP contribution in [0.3, 0.4) is 0 Å². The summed E-state index contributed by atoms with van der Waals surface area (Å²) in [7, 11) is 3.29. The maximum atomic E-state index is 13.9. The first-order valence-corrected chi connectivity index (χ1v) is 13.0. The van der Waals surface area contributed by atoms with E-state index in [2.05, 4.69) is 10.3 Å². The Morgan fingerprint density at radius 2 is 1.28 bits per heavy atom. The second-order valence-corrected chi connectivity index (χ2v) is 10.7. The Bertz CT molecular complexity index is 1240. The molecule has 0 atom stereocenters. The number of benzene rings is 3. The first-order chi connectivity index (χ1) is 17.4. The molecule has 4 aromatic rings. The summed E-state index contributed by atoms with van der Waals surface area (Å²) in [5, 5.41) is 3.21. The highest BCUT2D eigenvalue weighted by Crippen LogP contribution is 2.39. The molecule has 1 N–H and O–H groups in total. The highest BCUT2D eigenvalue weighted by molar-refractivity contribution is 8.00. The van der Waals surface area contributed by atoms with Gasteiger partial charge in [-0.3, -0.25) is 9.78 Å². The van der Waals surface area contributed by atoms with Crippen LogP contribution in [0.5, 0.6) is 11.5 Å². The minimum Gasteiger partial charge on any atom is -0.497 e. The van der Waals surface area contributed by atoms with Gasteiger partial charge in [-0.05, 0) is 86.6 Å². The van der Waals surface area contributed by atoms with E-state index in [0.29, 0.717) is 5.56 Å². The number of hydrogen-bond donors (Lipinski definition) is 1. The molecule has 0 aliphatic rings. The van der Waals surface area contributed by atoms with Crippen LogP contribution in [-0.4, -0.2) is 25.1 Å². The molecule has 3 aromatic carbocycles. The van der Waals surface area contributed by atoms with Crippen molar-refractivity contribution in [2.24, 2.45) is 0 Å². The van der Waals surface area contributed by atoms with Gasteiger partial charge in [0.1, 0.15) is 11.5 Å². The van der Waals surface area contributed by atoms with Crippen LogP contribution in [-0.2, 0) is 5.54 Å². The lowest BCUT2D eigenvalue weighted by Crippen LogP contribution is -2.42. The topological polar surface area (TPSA) is 60.5 Å². The fourth-order valence-electron chi connectivity index (χ4n) is 3.59. The number of ether oxygens (including phenoxy) is 2. The highest BCUT2D eigenvalue weighted by Gasteiger charge is 2.27. The Kier molecular flexibility index (Phi) is 8.23. The van der Waals surface area contributed by atoms with E-state index in [1.54, 1.807) is 43.9 Å². The molecule has 0 aliphatic heterocycles. The van der Waals surface area contributed by atoms with Gasteiger partial charge in [0, 0.05) is 25.8 Å². The van der Waals surface area contributed by atoms with Crippen molar-refractivity contribution in [1.82, 2.24) is 10.3 Å². The Morgan fingerprint density at radius 1 is 0.750 bits per heavy atom. The molecule has 184 valence electrons. The standard InChI is InChI=1S/C29H28N2O3S2/c1-29(2,26-10-5-6-19-30-26)31-28(32)27-24(35-22-15-11-20(33-3)12-16-22)8-7-9-25(27)36-23-17-13-21(34-4)14-18-23/h5-19H,1-4H3,(H,31,32). The van der Waals surface area contributed by atoms with Crippen molar-refractivity contribution in [2.75, 3.05) is 14.2 Å². The number of aromatic nitrogens is 1. The zero-order valence-electron chi connectivity index (χ0n) is 20.6. The highest BCUT2D eigenvalue weighted by atomic mass is 32.2. The molecule has 0 saturated carbocycles. The summed E-state index contributed by atoms with van der Waals surface area (Å²) in [6, 6.07) is 27.3. The average Bonchev–Trinajstić information content (AvgIpc) is 2.90. The summed E-state index contributed by atoms with van der Waals surface area (Å²) in [5.41, 5.74) is 0.768. The number of rotatable bonds is 9. The van der Waals surface area contributed by atoms with Gasteiger partial charge in [-0.25, -0.2) is 0 Å². The van der Waals surface area contributed by atoms with Crippen molar-refractivity contribution in [2.45, 2.75) is 39.0 Å². The molecular weight excluding hydrogens is 488 g/mol. The second kappa shape index (κ2) is 11.5. The third kappa shape index (κ3) is 6.22. The lowest BCUT2D eigenvalue weighted by Gasteiger charge is -2.27. The Hall–Kier alpha value is -3.42. The van der Waals surface area contributed by atoms with Gasteiger partial charge in [-0.15, -0.1) is 0 Å². The van der Waals surface area contributed by atoms with Crippen molar-refractivity contribution < 1.29 is 14.3 Å². The molecule has 0 fully saturated rings. The van der Waals surface area contributed by atoms with Crippen molar-refractivity contribution >= 4 is 29.4 Å². The van der Waals surface area contributed by atoms with E-state index in [1.807, 2.05) is 98.8 Å². The third-order valence-corrected chi connectivity index (χ3v) is 7.66. The molecular formula is C29H28N2O3S2. The van der Waals surface area contributed by atoms with E-state index in [1.165, 1.54) is 0 Å². The van der Waals surface area contributed by atoms with Gasteiger partial charge in [0.05, 0.1) is 31.0 Å². The molecule has 4 rings (SSSR count). The van der Waals surface area contributed by atoms with Gasteiger partial charge in [0.25, 0.3) is 5.91 Å². The van der Waals surface area contributed by atoms with Gasteiger partial charge >= 0.3 is 0 Å². The van der Waals surface area contributed by atoms with Crippen LogP contribution in [0.2, 0.25) is 0 Å². The summed E-state index contributed by atoms with van der Waals surface area (Å²) in [6.07, 6.45) is 1.74. The number of methoxy groups -OCH3 is 2. The number of hydrogen-bond acceptors (Lipinski definition) is 6. The summed E-state index contributed by atoms with van der Waals surface area (Å²) in [5.74, 6) is 1.43. The van der Waals surface area contributed by atoms with E-state index < -0.39 is 5.54 Å². The SMILES string of the molecule is COc1ccc(Sc2cccc(Sc3ccc(OC)cc3)c2C(=O)NC(C)(C)c2ccccn2)cc1. The average molecular weight is 517 g/mol. The summed E-state index contributed by atoms with van der Waals surface area (Å²) >= 11 is 3.10. The van der Waals surface area contributed by atoms with Gasteiger partial charge in [-0.1, -0.05) is 35.7 Å². The quantitative estimate of drug-likeness (QED) is 0.257. The van der Waals surface area contributed by atoms with Crippen LogP contribution in [0.25, 0.3) is 0 Å². The van der Waals surface area contributed by atoms with E-state index >= 15 is 0 Å². The number of amides is 1. The molecule has 36 heavy (non-hydrogen) atoms. The predicted octanol–water partition coefficient (Wildman–Crippen LogP) is 7.07. The minimum absolute atomic E-state index is 0.154. The first kappa shape index (κ1) is 25.7. The molecule has 0 unspecified atom stereocenters. The Morgan fingerprint density at radius 3 is 1.72 bits per heavy atom. The number of carbonyl (C=O) groups is 1. The van der Waals surface area contributed by atoms with Crippen LogP contribution in [0.4, 0.5) is 0 Å². The zero-order chi connectivity index (χ0) is 25.5. The van der Waals surface area contributed by atoms with Crippen molar-refractivity contribution in [3.05, 3.63) is 102 Å². The smallest absolute Gasteiger partial charge is 0.254 e. The van der Waals surface area contributed by atoms with Gasteiger partial charge in [0.2, 0.25) is 0 Å². The van der Waals surface area contributed by atoms with Crippen LogP contribution < -0.4 is 14.8 Å². The summed E-state index contributed by atoms with van der Waals surface area (Å²) in [4.78, 5) is 22.1. The lowest BCUT2D eigenvalue weighted by atomic mass is 9.99. The number of nitrogens with one attached hydrogen (secondary N) is 1. The summed E-state index contributed by atoms with van der Waals surface area (Å²) < 4.78 is 10.6. The molecule has 0 aliphatic carbocycles. The Balaban J connectivity index is 1.70. The normalized spacial score (nSPS) is 11.1. The molecule has 1 heterocycles. The van der Waals surface area contributed by atoms with Crippen LogP contribution in [0.15, 0.2) is 111 Å². The lowest BCUT2D eigenvalue weighted by molar-refractivity contribution is 0.0904. The molecule has 1 aromatic heterocycles. The zero-order valence-corrected chi connectivity index (χ0v) is 22.3. The predicted molar refractivity (Wildman–Crippen MR) is 145 cm³/mol. The number of carbonyl (C=O) groups excluding carboxylic acids is 1. The second-order valence-electron chi connectivity index (χ2n) is 8.48. The molecule has 0 saturated heterocycles. The van der Waals surface area contributed by atoms with Crippen molar-refractivity contribution in [1.29, 1.82) is 0 Å². The van der Waals surface area contributed by atoms with Gasteiger partial charge in [0.15, 0.2) is 0 Å². The molecule has 5 nitrogen and oxygen atoms in total. The number of nitrogens with zero attached hydrogens (tertiary/aromatic N) is 1. The number of pyridine rings is 1. The van der Waals surface area contributed by atoms with Crippen LogP contribution in [0.1, 0.15) is 29.9 Å². The first-order valence-electron chi connectivity index (χ1n) is 11.4.